The van der Waals surface area contributed by atoms with E-state index in [1.165, 1.54) is 5.56 Å². The minimum absolute atomic E-state index is 0.143. The van der Waals surface area contributed by atoms with Gasteiger partial charge in [0.1, 0.15) is 0 Å². The summed E-state index contributed by atoms with van der Waals surface area (Å²) in [6, 6.07) is 15.9. The highest BCUT2D eigenvalue weighted by atomic mass is 35.5. The third-order valence-electron chi connectivity index (χ3n) is 3.33. The Balaban J connectivity index is 2.13. The fourth-order valence-electron chi connectivity index (χ4n) is 2.27. The van der Waals surface area contributed by atoms with Crippen LogP contribution in [0.4, 0.5) is 0 Å². The summed E-state index contributed by atoms with van der Waals surface area (Å²) >= 11 is 12.0. The predicted molar refractivity (Wildman–Crippen MR) is 86.2 cm³/mol. The highest BCUT2D eigenvalue weighted by Gasteiger charge is 2.15. The maximum absolute atomic E-state index is 6.05. The molecular formula is C16H18Cl2N2. The summed E-state index contributed by atoms with van der Waals surface area (Å²) in [6.07, 6.45) is 0. The summed E-state index contributed by atoms with van der Waals surface area (Å²) in [6.45, 7) is 1.36. The largest absolute Gasteiger partial charge is 0.329 e. The number of benzene rings is 2. The van der Waals surface area contributed by atoms with E-state index in [-0.39, 0.29) is 6.04 Å². The normalized spacial score (nSPS) is 12.7. The first-order valence-electron chi connectivity index (χ1n) is 6.50. The molecule has 2 rings (SSSR count). The van der Waals surface area contributed by atoms with Crippen molar-refractivity contribution in [1.29, 1.82) is 0 Å². The van der Waals surface area contributed by atoms with E-state index in [9.17, 15) is 0 Å². The molecule has 0 bridgehead atoms. The zero-order chi connectivity index (χ0) is 14.5. The third kappa shape index (κ3) is 3.97. The Kier molecular flexibility index (Phi) is 5.44. The second kappa shape index (κ2) is 7.09. The lowest BCUT2D eigenvalue weighted by Gasteiger charge is -2.27. The fourth-order valence-corrected chi connectivity index (χ4v) is 2.60. The molecule has 0 fully saturated rings. The Morgan fingerprint density at radius 2 is 1.75 bits per heavy atom. The lowest BCUT2D eigenvalue weighted by atomic mass is 10.0. The first-order chi connectivity index (χ1) is 9.60. The Labute approximate surface area is 130 Å². The van der Waals surface area contributed by atoms with E-state index in [4.69, 9.17) is 28.9 Å². The molecule has 0 saturated carbocycles. The summed E-state index contributed by atoms with van der Waals surface area (Å²) in [7, 11) is 2.06. The fraction of sp³-hybridized carbons (Fsp3) is 0.250. The second-order valence-corrected chi connectivity index (χ2v) is 5.72. The molecule has 2 N–H and O–H groups in total. The van der Waals surface area contributed by atoms with Crippen molar-refractivity contribution in [2.75, 3.05) is 13.6 Å². The smallest absolute Gasteiger partial charge is 0.0471 e. The van der Waals surface area contributed by atoms with E-state index in [0.717, 1.165) is 22.2 Å². The van der Waals surface area contributed by atoms with Gasteiger partial charge in [-0.15, -0.1) is 0 Å². The van der Waals surface area contributed by atoms with Crippen molar-refractivity contribution in [2.45, 2.75) is 12.6 Å². The molecule has 0 heterocycles. The maximum atomic E-state index is 6.05. The third-order valence-corrected chi connectivity index (χ3v) is 3.82. The molecule has 0 saturated heterocycles. The average Bonchev–Trinajstić information content (AvgIpc) is 2.42. The number of halogens is 2. The molecule has 0 aliphatic rings. The van der Waals surface area contributed by atoms with Crippen LogP contribution < -0.4 is 5.73 Å². The van der Waals surface area contributed by atoms with E-state index in [1.807, 2.05) is 42.5 Å². The monoisotopic (exact) mass is 308 g/mol. The van der Waals surface area contributed by atoms with Crippen molar-refractivity contribution < 1.29 is 0 Å². The van der Waals surface area contributed by atoms with Crippen molar-refractivity contribution in [1.82, 2.24) is 4.90 Å². The number of hydrogen-bond acceptors (Lipinski definition) is 2. The van der Waals surface area contributed by atoms with Crippen LogP contribution in [-0.2, 0) is 6.54 Å². The standard InChI is InChI=1S/C16H18Cl2N2/c1-20(11-12-5-7-14(17)8-6-12)16(10-19)13-3-2-4-15(18)9-13/h2-9,16H,10-11,19H2,1H3. The Morgan fingerprint density at radius 1 is 1.05 bits per heavy atom. The zero-order valence-electron chi connectivity index (χ0n) is 11.4. The Bertz CT molecular complexity index is 555. The van der Waals surface area contributed by atoms with Gasteiger partial charge < -0.3 is 5.73 Å². The molecule has 0 amide bonds. The van der Waals surface area contributed by atoms with Gasteiger partial charge >= 0.3 is 0 Å². The highest BCUT2D eigenvalue weighted by Crippen LogP contribution is 2.23. The van der Waals surface area contributed by atoms with Crippen molar-refractivity contribution in [3.05, 3.63) is 69.7 Å². The molecule has 20 heavy (non-hydrogen) atoms. The first-order valence-corrected chi connectivity index (χ1v) is 7.26. The molecule has 0 aliphatic heterocycles. The van der Waals surface area contributed by atoms with Crippen molar-refractivity contribution in [2.24, 2.45) is 5.73 Å². The lowest BCUT2D eigenvalue weighted by molar-refractivity contribution is 0.242. The molecule has 4 heteroatoms. The second-order valence-electron chi connectivity index (χ2n) is 4.85. The summed E-state index contributed by atoms with van der Waals surface area (Å²) in [4.78, 5) is 2.22. The number of nitrogens with two attached hydrogens (primary N) is 1. The molecule has 0 spiro atoms. The van der Waals surface area contributed by atoms with Crippen LogP contribution in [0, 0.1) is 0 Å². The van der Waals surface area contributed by atoms with Gasteiger partial charge in [0, 0.05) is 29.2 Å². The van der Waals surface area contributed by atoms with E-state index < -0.39 is 0 Å². The van der Waals surface area contributed by atoms with Crippen LogP contribution >= 0.6 is 23.2 Å². The highest BCUT2D eigenvalue weighted by molar-refractivity contribution is 6.30. The van der Waals surface area contributed by atoms with Gasteiger partial charge in [-0.3, -0.25) is 4.90 Å². The van der Waals surface area contributed by atoms with Gasteiger partial charge in [-0.05, 0) is 42.4 Å². The molecule has 2 aromatic carbocycles. The number of rotatable bonds is 5. The molecule has 2 aromatic rings. The molecule has 1 unspecified atom stereocenters. The van der Waals surface area contributed by atoms with Crippen LogP contribution in [0.25, 0.3) is 0 Å². The zero-order valence-corrected chi connectivity index (χ0v) is 12.9. The number of likely N-dealkylation sites (N-methyl/N-ethyl adjacent to an activating group) is 1. The predicted octanol–water partition coefficient (Wildman–Crippen LogP) is 4.13. The van der Waals surface area contributed by atoms with Crippen LogP contribution in [0.15, 0.2) is 48.5 Å². The summed E-state index contributed by atoms with van der Waals surface area (Å²) in [5.74, 6) is 0. The van der Waals surface area contributed by atoms with E-state index >= 15 is 0 Å². The Hall–Kier alpha value is -1.06. The van der Waals surface area contributed by atoms with E-state index in [1.54, 1.807) is 0 Å². The van der Waals surface area contributed by atoms with Crippen molar-refractivity contribution >= 4 is 23.2 Å². The molecule has 106 valence electrons. The summed E-state index contributed by atoms with van der Waals surface area (Å²) in [5.41, 5.74) is 8.27. The summed E-state index contributed by atoms with van der Waals surface area (Å²) < 4.78 is 0. The topological polar surface area (TPSA) is 29.3 Å². The van der Waals surface area contributed by atoms with Crippen molar-refractivity contribution in [3.63, 3.8) is 0 Å². The van der Waals surface area contributed by atoms with Crippen LogP contribution in [-0.4, -0.2) is 18.5 Å². The average molecular weight is 309 g/mol. The van der Waals surface area contributed by atoms with Crippen molar-refractivity contribution in [3.8, 4) is 0 Å². The minimum Gasteiger partial charge on any atom is -0.329 e. The molecule has 0 aliphatic carbocycles. The van der Waals surface area contributed by atoms with Gasteiger partial charge in [0.2, 0.25) is 0 Å². The molecule has 1 atom stereocenters. The SMILES string of the molecule is CN(Cc1ccc(Cl)cc1)C(CN)c1cccc(Cl)c1. The summed E-state index contributed by atoms with van der Waals surface area (Å²) in [5, 5.41) is 1.49. The first kappa shape index (κ1) is 15.3. The van der Waals surface area contributed by atoms with Crippen LogP contribution in [0.1, 0.15) is 17.2 Å². The molecule has 2 nitrogen and oxygen atoms in total. The van der Waals surface area contributed by atoms with Crippen LogP contribution in [0.5, 0.6) is 0 Å². The molecule has 0 radical (unpaired) electrons. The van der Waals surface area contributed by atoms with Gasteiger partial charge in [-0.1, -0.05) is 47.5 Å². The van der Waals surface area contributed by atoms with Gasteiger partial charge in [-0.2, -0.15) is 0 Å². The van der Waals surface area contributed by atoms with Crippen LogP contribution in [0.2, 0.25) is 10.0 Å². The number of nitrogens with zero attached hydrogens (tertiary/aromatic N) is 1. The van der Waals surface area contributed by atoms with Gasteiger partial charge in [0.25, 0.3) is 0 Å². The van der Waals surface area contributed by atoms with E-state index in [2.05, 4.69) is 18.0 Å². The maximum Gasteiger partial charge on any atom is 0.0471 e. The quantitative estimate of drug-likeness (QED) is 0.900. The Morgan fingerprint density at radius 3 is 2.35 bits per heavy atom. The van der Waals surface area contributed by atoms with Gasteiger partial charge in [-0.25, -0.2) is 0 Å². The van der Waals surface area contributed by atoms with Crippen LogP contribution in [0.3, 0.4) is 0 Å². The lowest BCUT2D eigenvalue weighted by Crippen LogP contribution is -2.30. The minimum atomic E-state index is 0.143. The number of hydrogen-bond donors (Lipinski definition) is 1. The molecular weight excluding hydrogens is 291 g/mol. The van der Waals surface area contributed by atoms with Gasteiger partial charge in [0.05, 0.1) is 0 Å². The van der Waals surface area contributed by atoms with E-state index in [0.29, 0.717) is 6.54 Å². The molecule has 0 aromatic heterocycles. The van der Waals surface area contributed by atoms with Gasteiger partial charge in [0.15, 0.2) is 0 Å².